The molecule has 0 aromatic rings. The summed E-state index contributed by atoms with van der Waals surface area (Å²) in [5, 5.41) is 3.32. The van der Waals surface area contributed by atoms with E-state index in [1.54, 1.807) is 0 Å². The number of piperidine rings is 1. The molecule has 0 amide bonds. The standard InChI is InChI=1S/C10H23N3O2S/c1-9-8-10(4-6-13(9)3)12-5-7-16(14,15)11-2/h9-12H,4-8H2,1-3H3. The zero-order valence-electron chi connectivity index (χ0n) is 10.4. The van der Waals surface area contributed by atoms with Gasteiger partial charge in [-0.3, -0.25) is 0 Å². The van der Waals surface area contributed by atoms with Crippen LogP contribution in [0.4, 0.5) is 0 Å². The van der Waals surface area contributed by atoms with Crippen molar-refractivity contribution in [2.24, 2.45) is 0 Å². The Labute approximate surface area is 98.6 Å². The molecule has 2 N–H and O–H groups in total. The van der Waals surface area contributed by atoms with E-state index in [1.807, 2.05) is 0 Å². The van der Waals surface area contributed by atoms with Crippen LogP contribution in [0.1, 0.15) is 19.8 Å². The molecule has 0 bridgehead atoms. The summed E-state index contributed by atoms with van der Waals surface area (Å²) in [5.41, 5.74) is 0. The molecule has 2 atom stereocenters. The van der Waals surface area contributed by atoms with Gasteiger partial charge in [0.15, 0.2) is 0 Å². The minimum absolute atomic E-state index is 0.157. The summed E-state index contributed by atoms with van der Waals surface area (Å²) in [5.74, 6) is 0.157. The van der Waals surface area contributed by atoms with Gasteiger partial charge in [-0.15, -0.1) is 0 Å². The van der Waals surface area contributed by atoms with E-state index in [2.05, 4.69) is 28.9 Å². The lowest BCUT2D eigenvalue weighted by Gasteiger charge is -2.35. The van der Waals surface area contributed by atoms with Gasteiger partial charge in [-0.2, -0.15) is 0 Å². The van der Waals surface area contributed by atoms with Crippen LogP contribution in [0.2, 0.25) is 0 Å². The Balaban J connectivity index is 2.24. The van der Waals surface area contributed by atoms with Crippen LogP contribution >= 0.6 is 0 Å². The Morgan fingerprint density at radius 1 is 1.44 bits per heavy atom. The number of nitrogens with zero attached hydrogens (tertiary/aromatic N) is 1. The van der Waals surface area contributed by atoms with Crippen molar-refractivity contribution in [1.82, 2.24) is 14.9 Å². The highest BCUT2D eigenvalue weighted by molar-refractivity contribution is 7.89. The lowest BCUT2D eigenvalue weighted by atomic mass is 9.99. The number of nitrogens with one attached hydrogen (secondary N) is 2. The molecule has 1 aliphatic rings. The zero-order valence-corrected chi connectivity index (χ0v) is 11.2. The quantitative estimate of drug-likeness (QED) is 0.696. The summed E-state index contributed by atoms with van der Waals surface area (Å²) in [6.07, 6.45) is 2.19. The van der Waals surface area contributed by atoms with E-state index < -0.39 is 10.0 Å². The maximum Gasteiger partial charge on any atom is 0.212 e. The average molecular weight is 249 g/mol. The van der Waals surface area contributed by atoms with Crippen molar-refractivity contribution in [1.29, 1.82) is 0 Å². The van der Waals surface area contributed by atoms with Gasteiger partial charge in [-0.1, -0.05) is 0 Å². The van der Waals surface area contributed by atoms with Crippen LogP contribution in [-0.2, 0) is 10.0 Å². The summed E-state index contributed by atoms with van der Waals surface area (Å²) in [7, 11) is 0.515. The largest absolute Gasteiger partial charge is 0.313 e. The molecule has 0 radical (unpaired) electrons. The molecule has 1 rings (SSSR count). The lowest BCUT2D eigenvalue weighted by Crippen LogP contribution is -2.46. The third-order valence-corrected chi connectivity index (χ3v) is 4.69. The van der Waals surface area contributed by atoms with E-state index in [9.17, 15) is 8.42 Å². The number of hydrogen-bond acceptors (Lipinski definition) is 4. The van der Waals surface area contributed by atoms with E-state index in [1.165, 1.54) is 7.05 Å². The van der Waals surface area contributed by atoms with Crippen molar-refractivity contribution in [2.45, 2.75) is 31.8 Å². The maximum absolute atomic E-state index is 11.2. The smallest absolute Gasteiger partial charge is 0.212 e. The van der Waals surface area contributed by atoms with Crippen LogP contribution < -0.4 is 10.0 Å². The Kier molecular flexibility index (Phi) is 5.17. The van der Waals surface area contributed by atoms with E-state index in [-0.39, 0.29) is 5.75 Å². The molecule has 96 valence electrons. The molecule has 1 fully saturated rings. The van der Waals surface area contributed by atoms with Gasteiger partial charge in [-0.05, 0) is 40.4 Å². The first-order valence-corrected chi connectivity index (χ1v) is 7.44. The van der Waals surface area contributed by atoms with Crippen LogP contribution in [-0.4, -0.2) is 58.3 Å². The predicted molar refractivity (Wildman–Crippen MR) is 66.0 cm³/mol. The first-order valence-electron chi connectivity index (χ1n) is 5.79. The van der Waals surface area contributed by atoms with Gasteiger partial charge in [0.05, 0.1) is 5.75 Å². The van der Waals surface area contributed by atoms with Crippen LogP contribution in [0.25, 0.3) is 0 Å². The fourth-order valence-electron chi connectivity index (χ4n) is 1.97. The Bertz CT molecular complexity index is 305. The highest BCUT2D eigenvalue weighted by Gasteiger charge is 2.22. The van der Waals surface area contributed by atoms with E-state index in [0.717, 1.165) is 19.4 Å². The second-order valence-electron chi connectivity index (χ2n) is 4.53. The second-order valence-corrected chi connectivity index (χ2v) is 6.57. The van der Waals surface area contributed by atoms with Crippen LogP contribution in [0.5, 0.6) is 0 Å². The van der Waals surface area contributed by atoms with Crippen LogP contribution in [0, 0.1) is 0 Å². The van der Waals surface area contributed by atoms with Gasteiger partial charge >= 0.3 is 0 Å². The normalized spacial score (nSPS) is 28.2. The SMILES string of the molecule is CNS(=O)(=O)CCNC1CCN(C)C(C)C1. The van der Waals surface area contributed by atoms with Gasteiger partial charge < -0.3 is 10.2 Å². The number of likely N-dealkylation sites (tertiary alicyclic amines) is 1. The fourth-order valence-corrected chi connectivity index (χ4v) is 2.56. The van der Waals surface area contributed by atoms with E-state index >= 15 is 0 Å². The van der Waals surface area contributed by atoms with Crippen LogP contribution in [0.15, 0.2) is 0 Å². The second kappa shape index (κ2) is 5.95. The van der Waals surface area contributed by atoms with Gasteiger partial charge in [0.2, 0.25) is 10.0 Å². The van der Waals surface area contributed by atoms with Crippen molar-refractivity contribution in [3.8, 4) is 0 Å². The predicted octanol–water partition coefficient (Wildman–Crippen LogP) is -0.392. The monoisotopic (exact) mass is 249 g/mol. The lowest BCUT2D eigenvalue weighted by molar-refractivity contribution is 0.170. The molecule has 6 heteroatoms. The maximum atomic E-state index is 11.2. The first kappa shape index (κ1) is 13.9. The van der Waals surface area contributed by atoms with Crippen LogP contribution in [0.3, 0.4) is 0 Å². The van der Waals surface area contributed by atoms with Crippen molar-refractivity contribution in [2.75, 3.05) is 32.9 Å². The summed E-state index contributed by atoms with van der Waals surface area (Å²) >= 11 is 0. The molecule has 0 aliphatic carbocycles. The van der Waals surface area contributed by atoms with E-state index in [0.29, 0.717) is 18.6 Å². The third-order valence-electron chi connectivity index (χ3n) is 3.32. The molecule has 0 aromatic carbocycles. The Morgan fingerprint density at radius 3 is 2.69 bits per heavy atom. The molecule has 0 saturated carbocycles. The molecule has 0 aromatic heterocycles. The third kappa shape index (κ3) is 4.37. The number of hydrogen-bond donors (Lipinski definition) is 2. The average Bonchev–Trinajstić information content (AvgIpc) is 2.23. The molecule has 1 heterocycles. The zero-order chi connectivity index (χ0) is 12.2. The molecular weight excluding hydrogens is 226 g/mol. The topological polar surface area (TPSA) is 61.4 Å². The molecule has 1 aliphatic heterocycles. The van der Waals surface area contributed by atoms with Crippen molar-refractivity contribution in [3.63, 3.8) is 0 Å². The minimum Gasteiger partial charge on any atom is -0.313 e. The van der Waals surface area contributed by atoms with Gasteiger partial charge in [0.25, 0.3) is 0 Å². The summed E-state index contributed by atoms with van der Waals surface area (Å²) in [4.78, 5) is 2.34. The Hall–Kier alpha value is -0.170. The Morgan fingerprint density at radius 2 is 2.12 bits per heavy atom. The van der Waals surface area contributed by atoms with Gasteiger partial charge in [0.1, 0.15) is 0 Å². The highest BCUT2D eigenvalue weighted by atomic mass is 32.2. The number of sulfonamides is 1. The fraction of sp³-hybridized carbons (Fsp3) is 1.00. The molecule has 5 nitrogen and oxygen atoms in total. The van der Waals surface area contributed by atoms with Crippen molar-refractivity contribution < 1.29 is 8.42 Å². The summed E-state index contributed by atoms with van der Waals surface area (Å²) < 4.78 is 24.7. The molecule has 2 unspecified atom stereocenters. The minimum atomic E-state index is -3.07. The summed E-state index contributed by atoms with van der Waals surface area (Å²) in [6, 6.07) is 1.03. The molecular formula is C10H23N3O2S. The van der Waals surface area contributed by atoms with Gasteiger partial charge in [0, 0.05) is 18.6 Å². The van der Waals surface area contributed by atoms with Gasteiger partial charge in [-0.25, -0.2) is 13.1 Å². The number of rotatable bonds is 5. The summed E-state index contributed by atoms with van der Waals surface area (Å²) in [6.45, 7) is 3.82. The highest BCUT2D eigenvalue weighted by Crippen LogP contribution is 2.14. The van der Waals surface area contributed by atoms with Crippen molar-refractivity contribution >= 4 is 10.0 Å². The first-order chi connectivity index (χ1) is 7.44. The van der Waals surface area contributed by atoms with E-state index in [4.69, 9.17) is 0 Å². The molecule has 16 heavy (non-hydrogen) atoms. The molecule has 0 spiro atoms. The van der Waals surface area contributed by atoms with Crippen molar-refractivity contribution in [3.05, 3.63) is 0 Å². The molecule has 1 saturated heterocycles.